The number of hydrogen-bond acceptors (Lipinski definition) is 4. The Morgan fingerprint density at radius 2 is 0.833 bits per heavy atom. The van der Waals surface area contributed by atoms with Gasteiger partial charge in [0.25, 0.3) is 6.71 Å². The van der Waals surface area contributed by atoms with Gasteiger partial charge in [-0.2, -0.15) is 0 Å². The monoisotopic (exact) mass is 691 g/mol. The third-order valence-corrected chi connectivity index (χ3v) is 11.5. The van der Waals surface area contributed by atoms with E-state index in [1.54, 1.807) is 0 Å². The number of benzene rings is 8. The molecule has 54 heavy (non-hydrogen) atoms. The Morgan fingerprint density at radius 1 is 0.370 bits per heavy atom. The van der Waals surface area contributed by atoms with Crippen molar-refractivity contribution < 1.29 is 18.9 Å². The minimum absolute atomic E-state index is 0.0110. The van der Waals surface area contributed by atoms with E-state index in [2.05, 4.69) is 114 Å². The Balaban J connectivity index is 0.981. The molecule has 250 valence electrons. The van der Waals surface area contributed by atoms with Crippen LogP contribution in [0.5, 0.6) is 46.0 Å². The first-order valence-corrected chi connectivity index (χ1v) is 18.3. The maximum atomic E-state index is 7.04. The lowest BCUT2D eigenvalue weighted by Gasteiger charge is -2.33. The Morgan fingerprint density at radius 3 is 1.41 bits per heavy atom. The largest absolute Gasteiger partial charge is 0.458 e. The fourth-order valence-electron chi connectivity index (χ4n) is 9.23. The second-order valence-electron chi connectivity index (χ2n) is 14.4. The molecule has 5 heterocycles. The number of aromatic nitrogens is 1. The number of fused-ring (bicyclic) bond motifs is 12. The molecule has 0 aliphatic carbocycles. The van der Waals surface area contributed by atoms with Crippen LogP contribution >= 0.6 is 0 Å². The van der Waals surface area contributed by atoms with Gasteiger partial charge in [-0.25, -0.2) is 0 Å². The van der Waals surface area contributed by atoms with Gasteiger partial charge in [-0.3, -0.25) is 0 Å². The number of para-hydroxylation sites is 6. The topological polar surface area (TPSA) is 41.3 Å². The molecule has 0 unspecified atom stereocenters. The van der Waals surface area contributed by atoms with Crippen LogP contribution in [0.4, 0.5) is 0 Å². The van der Waals surface area contributed by atoms with E-state index in [-0.39, 0.29) is 6.71 Å². The van der Waals surface area contributed by atoms with Gasteiger partial charge in [0.05, 0.1) is 16.6 Å². The second kappa shape index (κ2) is 10.2. The van der Waals surface area contributed by atoms with Crippen LogP contribution in [0.3, 0.4) is 0 Å². The molecule has 0 fully saturated rings. The number of hydrogen-bond donors (Lipinski definition) is 0. The summed E-state index contributed by atoms with van der Waals surface area (Å²) < 4.78 is 29.4. The minimum Gasteiger partial charge on any atom is -0.458 e. The van der Waals surface area contributed by atoms with E-state index in [1.165, 1.54) is 38.1 Å². The zero-order valence-electron chi connectivity index (χ0n) is 28.7. The van der Waals surface area contributed by atoms with Crippen LogP contribution in [0.1, 0.15) is 0 Å². The molecular weight excluding hydrogens is 665 g/mol. The fourth-order valence-corrected chi connectivity index (χ4v) is 9.23. The molecule has 3 aliphatic rings. The van der Waals surface area contributed by atoms with Gasteiger partial charge in [0.1, 0.15) is 23.0 Å². The Bertz CT molecular complexity index is 3100. The molecule has 5 nitrogen and oxygen atoms in total. The summed E-state index contributed by atoms with van der Waals surface area (Å²) in [4.78, 5) is 0. The molecule has 3 aliphatic heterocycles. The highest BCUT2D eigenvalue weighted by Crippen LogP contribution is 2.54. The first kappa shape index (κ1) is 28.4. The number of ether oxygens (including phenoxy) is 4. The summed E-state index contributed by atoms with van der Waals surface area (Å²) >= 11 is 0. The molecule has 0 spiro atoms. The van der Waals surface area contributed by atoms with Gasteiger partial charge >= 0.3 is 0 Å². The maximum Gasteiger partial charge on any atom is 0.260 e. The maximum absolute atomic E-state index is 7.04. The summed E-state index contributed by atoms with van der Waals surface area (Å²) in [5.74, 6) is 5.95. The van der Waals surface area contributed by atoms with Gasteiger partial charge in [0, 0.05) is 38.1 Å². The molecule has 8 aromatic carbocycles. The van der Waals surface area contributed by atoms with Gasteiger partial charge in [-0.15, -0.1) is 0 Å². The molecule has 13 rings (SSSR count). The molecule has 0 amide bonds. The summed E-state index contributed by atoms with van der Waals surface area (Å²) in [6.07, 6.45) is 0. The number of rotatable bonds is 2. The molecule has 0 N–H and O–H groups in total. The van der Waals surface area contributed by atoms with Crippen molar-refractivity contribution in [3.05, 3.63) is 158 Å². The van der Waals surface area contributed by atoms with Crippen molar-refractivity contribution >= 4 is 61.2 Å². The quantitative estimate of drug-likeness (QED) is 0.169. The number of nitrogens with zero attached hydrogens (tertiary/aromatic N) is 1. The van der Waals surface area contributed by atoms with E-state index in [9.17, 15) is 0 Å². The molecule has 0 atom stereocenters. The van der Waals surface area contributed by atoms with Crippen molar-refractivity contribution in [3.63, 3.8) is 0 Å². The fraction of sp³-hybridized carbons (Fsp3) is 0. The highest BCUT2D eigenvalue weighted by Gasteiger charge is 2.40. The van der Waals surface area contributed by atoms with E-state index in [4.69, 9.17) is 18.9 Å². The lowest BCUT2D eigenvalue weighted by molar-refractivity contribution is 0.362. The summed E-state index contributed by atoms with van der Waals surface area (Å²) in [5, 5.41) is 4.89. The summed E-state index contributed by atoms with van der Waals surface area (Å²) in [6, 6.07) is 55.0. The van der Waals surface area contributed by atoms with Crippen LogP contribution in [0.25, 0.3) is 60.3 Å². The molecule has 0 bridgehead atoms. The molecule has 2 aromatic heterocycles. The first-order chi connectivity index (χ1) is 26.8. The van der Waals surface area contributed by atoms with Crippen LogP contribution in [-0.2, 0) is 0 Å². The van der Waals surface area contributed by atoms with E-state index < -0.39 is 0 Å². The average molecular weight is 692 g/mol. The lowest BCUT2D eigenvalue weighted by Crippen LogP contribution is -2.57. The van der Waals surface area contributed by atoms with Gasteiger partial charge < -0.3 is 23.3 Å². The normalized spacial score (nSPS) is 13.4. The highest BCUT2D eigenvalue weighted by atomic mass is 16.6. The van der Waals surface area contributed by atoms with Crippen LogP contribution in [0.2, 0.25) is 0 Å². The summed E-state index contributed by atoms with van der Waals surface area (Å²) in [6.45, 7) is 0.0110. The lowest BCUT2D eigenvalue weighted by atomic mass is 9.35. The van der Waals surface area contributed by atoms with Gasteiger partial charge in [-0.05, 0) is 82.7 Å². The molecule has 10 aromatic rings. The Labute approximate surface area is 309 Å². The van der Waals surface area contributed by atoms with Crippen molar-refractivity contribution in [2.75, 3.05) is 0 Å². The van der Waals surface area contributed by atoms with Crippen LogP contribution in [0, 0.1) is 0 Å². The molecule has 0 radical (unpaired) electrons. The highest BCUT2D eigenvalue weighted by molar-refractivity contribution is 6.98. The van der Waals surface area contributed by atoms with Crippen molar-refractivity contribution in [1.29, 1.82) is 0 Å². The zero-order chi connectivity index (χ0) is 35.1. The van der Waals surface area contributed by atoms with Gasteiger partial charge in [0.2, 0.25) is 0 Å². The zero-order valence-corrected chi connectivity index (χ0v) is 28.7. The van der Waals surface area contributed by atoms with E-state index >= 15 is 0 Å². The molecule has 0 saturated heterocycles. The molecule has 6 heteroatoms. The second-order valence-corrected chi connectivity index (χ2v) is 14.4. The average Bonchev–Trinajstić information content (AvgIpc) is 3.74. The predicted octanol–water partition coefficient (Wildman–Crippen LogP) is 10.8. The van der Waals surface area contributed by atoms with Crippen LogP contribution in [0.15, 0.2) is 158 Å². The Kier molecular flexibility index (Phi) is 5.39. The minimum atomic E-state index is 0.0110. The van der Waals surface area contributed by atoms with Gasteiger partial charge in [-0.1, -0.05) is 97.1 Å². The van der Waals surface area contributed by atoms with Crippen LogP contribution < -0.4 is 35.3 Å². The molecular formula is C48H26BNO4. The van der Waals surface area contributed by atoms with Crippen LogP contribution in [-0.4, -0.2) is 11.1 Å². The van der Waals surface area contributed by atoms with Crippen molar-refractivity contribution in [2.45, 2.75) is 0 Å². The summed E-state index contributed by atoms with van der Waals surface area (Å²) in [5.41, 5.74) is 10.8. The predicted molar refractivity (Wildman–Crippen MR) is 216 cm³/mol. The smallest absolute Gasteiger partial charge is 0.260 e. The van der Waals surface area contributed by atoms with Crippen molar-refractivity contribution in [1.82, 2.24) is 4.40 Å². The SMILES string of the molecule is c1ccc2c(c1)Oc1cc(-c3cccc4c3Oc3c(cccc3-c3cc5c6ccccc6n6c7ccccc7c(c3)c56)O4)cc3c1B2c1ccccc1O3. The van der Waals surface area contributed by atoms with E-state index in [0.29, 0.717) is 23.0 Å². The Hall–Kier alpha value is -7.18. The van der Waals surface area contributed by atoms with Gasteiger partial charge in [0.15, 0.2) is 23.0 Å². The third-order valence-electron chi connectivity index (χ3n) is 11.5. The standard InChI is InChI=1S/C48H26BNO4/c1-5-17-37-31(11-1)33-23-27(24-34-32-12-2-6-18-38(32)50(37)46(33)34)29-13-9-21-41-47(29)54-48-30(14-10-22-42(48)53-41)28-25-43-45-44(26-28)52-40-20-8-4-16-36(40)49(45)35-15-3-7-19-39(35)51-43/h1-26H. The van der Waals surface area contributed by atoms with E-state index in [0.717, 1.165) is 61.6 Å². The van der Waals surface area contributed by atoms with Crippen molar-refractivity contribution in [3.8, 4) is 68.2 Å². The first-order valence-electron chi connectivity index (χ1n) is 18.3. The molecule has 0 saturated carbocycles. The summed E-state index contributed by atoms with van der Waals surface area (Å²) in [7, 11) is 0. The third kappa shape index (κ3) is 3.69. The van der Waals surface area contributed by atoms with Crippen molar-refractivity contribution in [2.24, 2.45) is 0 Å². The van der Waals surface area contributed by atoms with E-state index in [1.807, 2.05) is 48.5 Å².